The molecule has 4 heteroatoms. The maximum absolute atomic E-state index is 7.07. The van der Waals surface area contributed by atoms with Gasteiger partial charge in [0.25, 0.3) is 0 Å². The number of aromatic amines is 1. The first-order valence-corrected chi connectivity index (χ1v) is 3.15. The van der Waals surface area contributed by atoms with Gasteiger partial charge >= 0.3 is 0 Å². The van der Waals surface area contributed by atoms with E-state index < -0.39 is 0 Å². The smallest absolute Gasteiger partial charge is 0.125 e. The molecular formula is C6H7N3S. The number of nitrogens with two attached hydrogens (primary N) is 1. The Kier molecular flexibility index (Phi) is 1.82. The Hall–Kier alpha value is -1.16. The molecule has 0 bridgehead atoms. The summed E-state index contributed by atoms with van der Waals surface area (Å²) in [6, 6.07) is 3.47. The Balaban J connectivity index is 3.29. The normalized spacial score (nSPS) is 9.20. The van der Waals surface area contributed by atoms with Gasteiger partial charge in [-0.2, -0.15) is 0 Å². The topological polar surface area (TPSA) is 65.7 Å². The zero-order valence-electron chi connectivity index (χ0n) is 5.22. The van der Waals surface area contributed by atoms with E-state index in [2.05, 4.69) is 4.98 Å². The first-order chi connectivity index (χ1) is 4.72. The Labute approximate surface area is 63.4 Å². The van der Waals surface area contributed by atoms with E-state index in [4.69, 9.17) is 23.4 Å². The summed E-state index contributed by atoms with van der Waals surface area (Å²) in [5, 5.41) is 7.07. The Morgan fingerprint density at radius 2 is 2.40 bits per heavy atom. The molecule has 1 heterocycles. The molecule has 1 aromatic rings. The van der Waals surface area contributed by atoms with Crippen molar-refractivity contribution < 1.29 is 0 Å². The van der Waals surface area contributed by atoms with Crippen LogP contribution in [0.1, 0.15) is 5.56 Å². The van der Waals surface area contributed by atoms with Gasteiger partial charge in [0.05, 0.1) is 5.56 Å². The Morgan fingerprint density at radius 1 is 1.70 bits per heavy atom. The van der Waals surface area contributed by atoms with Gasteiger partial charge in [0.2, 0.25) is 0 Å². The van der Waals surface area contributed by atoms with E-state index in [1.165, 1.54) is 0 Å². The fourth-order valence-electron chi connectivity index (χ4n) is 0.634. The molecule has 0 spiro atoms. The number of hydrogen-bond acceptors (Lipinski definition) is 2. The van der Waals surface area contributed by atoms with Crippen LogP contribution in [0.15, 0.2) is 18.3 Å². The molecular weight excluding hydrogens is 146 g/mol. The second kappa shape index (κ2) is 2.62. The molecule has 4 N–H and O–H groups in total. The van der Waals surface area contributed by atoms with Crippen molar-refractivity contribution in [2.45, 2.75) is 0 Å². The van der Waals surface area contributed by atoms with Gasteiger partial charge in [-0.1, -0.05) is 12.2 Å². The van der Waals surface area contributed by atoms with E-state index in [0.29, 0.717) is 10.2 Å². The summed E-state index contributed by atoms with van der Waals surface area (Å²) in [6.45, 7) is 0. The summed E-state index contributed by atoms with van der Waals surface area (Å²) in [5.41, 5.74) is 5.79. The van der Waals surface area contributed by atoms with Crippen molar-refractivity contribution in [3.05, 3.63) is 28.5 Å². The summed E-state index contributed by atoms with van der Waals surface area (Å²) in [7, 11) is 0. The molecule has 0 atom stereocenters. The van der Waals surface area contributed by atoms with Gasteiger partial charge in [-0.3, -0.25) is 5.41 Å². The highest BCUT2D eigenvalue weighted by Gasteiger charge is 1.94. The lowest BCUT2D eigenvalue weighted by atomic mass is 10.3. The highest BCUT2D eigenvalue weighted by molar-refractivity contribution is 7.71. The van der Waals surface area contributed by atoms with Crippen molar-refractivity contribution in [3.63, 3.8) is 0 Å². The average Bonchev–Trinajstić information content (AvgIpc) is 1.88. The molecule has 3 nitrogen and oxygen atoms in total. The third-order valence-corrected chi connectivity index (χ3v) is 1.45. The fraction of sp³-hybridized carbons (Fsp3) is 0. The molecule has 0 saturated heterocycles. The van der Waals surface area contributed by atoms with Crippen molar-refractivity contribution in [1.82, 2.24) is 4.98 Å². The van der Waals surface area contributed by atoms with Gasteiger partial charge in [0.15, 0.2) is 0 Å². The summed E-state index contributed by atoms with van der Waals surface area (Å²) in [5.74, 6) is 0.00171. The second-order valence-electron chi connectivity index (χ2n) is 1.83. The van der Waals surface area contributed by atoms with Crippen molar-refractivity contribution in [2.24, 2.45) is 5.73 Å². The van der Waals surface area contributed by atoms with E-state index >= 15 is 0 Å². The molecule has 1 aromatic heterocycles. The Morgan fingerprint density at radius 3 is 2.80 bits per heavy atom. The van der Waals surface area contributed by atoms with Crippen molar-refractivity contribution in [2.75, 3.05) is 0 Å². The summed E-state index contributed by atoms with van der Waals surface area (Å²) in [4.78, 5) is 2.78. The van der Waals surface area contributed by atoms with E-state index in [9.17, 15) is 0 Å². The lowest BCUT2D eigenvalue weighted by molar-refractivity contribution is 1.27. The van der Waals surface area contributed by atoms with E-state index in [1.54, 1.807) is 18.3 Å². The van der Waals surface area contributed by atoms with Gasteiger partial charge < -0.3 is 10.7 Å². The SMILES string of the molecule is N=C(N)c1ccc[nH]c1=S. The standard InChI is InChI=1S/C6H7N3S/c7-5(8)4-2-1-3-9-6(4)10/h1-3H,(H3,7,8)(H,9,10). The number of amidine groups is 1. The molecule has 0 aromatic carbocycles. The molecule has 0 saturated carbocycles. The van der Waals surface area contributed by atoms with Crippen LogP contribution >= 0.6 is 12.2 Å². The van der Waals surface area contributed by atoms with Crippen LogP contribution < -0.4 is 5.73 Å². The second-order valence-corrected chi connectivity index (χ2v) is 2.23. The number of H-pyrrole nitrogens is 1. The van der Waals surface area contributed by atoms with Crippen molar-refractivity contribution in [1.29, 1.82) is 5.41 Å². The third kappa shape index (κ3) is 1.22. The number of nitrogen functional groups attached to an aromatic ring is 1. The highest BCUT2D eigenvalue weighted by atomic mass is 32.1. The zero-order chi connectivity index (χ0) is 7.56. The third-order valence-electron chi connectivity index (χ3n) is 1.11. The molecule has 10 heavy (non-hydrogen) atoms. The Bertz CT molecular complexity index is 302. The molecule has 0 aliphatic carbocycles. The maximum Gasteiger partial charge on any atom is 0.125 e. The average molecular weight is 153 g/mol. The molecule has 0 unspecified atom stereocenters. The first-order valence-electron chi connectivity index (χ1n) is 2.74. The number of aromatic nitrogens is 1. The number of hydrogen-bond donors (Lipinski definition) is 3. The van der Waals surface area contributed by atoms with E-state index in [1.807, 2.05) is 0 Å². The lowest BCUT2D eigenvalue weighted by Gasteiger charge is -1.94. The zero-order valence-corrected chi connectivity index (χ0v) is 6.03. The van der Waals surface area contributed by atoms with Gasteiger partial charge in [-0.05, 0) is 12.1 Å². The number of pyridine rings is 1. The molecule has 0 amide bonds. The van der Waals surface area contributed by atoms with Gasteiger partial charge in [0, 0.05) is 6.20 Å². The van der Waals surface area contributed by atoms with Crippen LogP contribution in [0.5, 0.6) is 0 Å². The van der Waals surface area contributed by atoms with Crippen molar-refractivity contribution in [3.8, 4) is 0 Å². The molecule has 52 valence electrons. The quantitative estimate of drug-likeness (QED) is 0.320. The summed E-state index contributed by atoms with van der Waals surface area (Å²) < 4.78 is 0.509. The minimum atomic E-state index is 0.00171. The predicted octanol–water partition coefficient (Wildman–Crippen LogP) is 1.03. The van der Waals surface area contributed by atoms with Crippen LogP contribution in [-0.2, 0) is 0 Å². The molecule has 0 aliphatic rings. The molecule has 1 rings (SSSR count). The fourth-order valence-corrected chi connectivity index (χ4v) is 0.880. The van der Waals surface area contributed by atoms with Crippen LogP contribution in [-0.4, -0.2) is 10.8 Å². The molecule has 0 radical (unpaired) electrons. The lowest BCUT2D eigenvalue weighted by Crippen LogP contribution is -2.11. The summed E-state index contributed by atoms with van der Waals surface area (Å²) in [6.07, 6.45) is 1.70. The van der Waals surface area contributed by atoms with Crippen LogP contribution in [0.3, 0.4) is 0 Å². The highest BCUT2D eigenvalue weighted by Crippen LogP contribution is 1.96. The number of rotatable bonds is 1. The minimum Gasteiger partial charge on any atom is -0.384 e. The largest absolute Gasteiger partial charge is 0.384 e. The first kappa shape index (κ1) is 6.95. The van der Waals surface area contributed by atoms with Crippen molar-refractivity contribution >= 4 is 18.1 Å². The van der Waals surface area contributed by atoms with Crippen LogP contribution in [0.2, 0.25) is 0 Å². The van der Waals surface area contributed by atoms with Gasteiger partial charge in [-0.15, -0.1) is 0 Å². The monoisotopic (exact) mass is 153 g/mol. The van der Waals surface area contributed by atoms with E-state index in [0.717, 1.165) is 0 Å². The van der Waals surface area contributed by atoms with Crippen LogP contribution in [0.4, 0.5) is 0 Å². The minimum absolute atomic E-state index is 0.00171. The number of nitrogens with one attached hydrogen (secondary N) is 2. The van der Waals surface area contributed by atoms with Gasteiger partial charge in [-0.25, -0.2) is 0 Å². The molecule has 0 fully saturated rings. The van der Waals surface area contributed by atoms with Crippen LogP contribution in [0.25, 0.3) is 0 Å². The van der Waals surface area contributed by atoms with E-state index in [-0.39, 0.29) is 5.84 Å². The predicted molar refractivity (Wildman–Crippen MR) is 42.6 cm³/mol. The van der Waals surface area contributed by atoms with Crippen LogP contribution in [0, 0.1) is 10.0 Å². The maximum atomic E-state index is 7.07. The summed E-state index contributed by atoms with van der Waals surface area (Å²) >= 11 is 4.85. The van der Waals surface area contributed by atoms with Gasteiger partial charge in [0.1, 0.15) is 10.5 Å². The molecule has 0 aliphatic heterocycles.